The largest absolute Gasteiger partial charge is 0.372 e. The van der Waals surface area contributed by atoms with Crippen molar-refractivity contribution in [3.05, 3.63) is 41.7 Å². The van der Waals surface area contributed by atoms with Gasteiger partial charge in [0.15, 0.2) is 0 Å². The van der Waals surface area contributed by atoms with Crippen LogP contribution in [0.1, 0.15) is 43.2 Å². The van der Waals surface area contributed by atoms with Crippen molar-refractivity contribution >= 4 is 23.2 Å². The molecule has 6 heteroatoms. The van der Waals surface area contributed by atoms with E-state index in [0.29, 0.717) is 11.6 Å². The molecule has 1 heterocycles. The summed E-state index contributed by atoms with van der Waals surface area (Å²) in [4.78, 5) is 23.1. The molecule has 2 aromatic rings. The first-order chi connectivity index (χ1) is 12.1. The van der Waals surface area contributed by atoms with Crippen molar-refractivity contribution in [1.29, 1.82) is 0 Å². The van der Waals surface area contributed by atoms with Crippen LogP contribution < -0.4 is 15.5 Å². The second-order valence-electron chi connectivity index (χ2n) is 5.82. The zero-order chi connectivity index (χ0) is 18.2. The fourth-order valence-electron chi connectivity index (χ4n) is 2.57. The summed E-state index contributed by atoms with van der Waals surface area (Å²) in [6, 6.07) is 7.69. The van der Waals surface area contributed by atoms with Crippen LogP contribution >= 0.6 is 0 Å². The molecule has 6 nitrogen and oxygen atoms in total. The number of aromatic nitrogens is 2. The number of benzene rings is 1. The number of carbonyl (C=O) groups excluding carboxylic acids is 1. The summed E-state index contributed by atoms with van der Waals surface area (Å²) in [5, 5.41) is 6.03. The minimum atomic E-state index is -0.236. The number of anilines is 3. The zero-order valence-corrected chi connectivity index (χ0v) is 15.5. The van der Waals surface area contributed by atoms with Crippen LogP contribution in [0.25, 0.3) is 0 Å². The van der Waals surface area contributed by atoms with E-state index in [1.165, 1.54) is 0 Å². The summed E-state index contributed by atoms with van der Waals surface area (Å²) in [7, 11) is 0. The average molecular weight is 341 g/mol. The number of aryl methyl sites for hydroxylation is 1. The molecule has 0 aliphatic heterocycles. The van der Waals surface area contributed by atoms with Crippen molar-refractivity contribution in [2.45, 2.75) is 34.1 Å². The lowest BCUT2D eigenvalue weighted by Gasteiger charge is -2.22. The SMILES string of the molecule is CCCNc1nccc(C(=O)Nc2ccc(N(CC)CC)cc2C)n1. The summed E-state index contributed by atoms with van der Waals surface area (Å²) in [5.74, 6) is 0.240. The van der Waals surface area contributed by atoms with Gasteiger partial charge in [0.25, 0.3) is 5.91 Å². The molecule has 0 radical (unpaired) electrons. The Bertz CT molecular complexity index is 713. The van der Waals surface area contributed by atoms with Crippen molar-refractivity contribution in [1.82, 2.24) is 9.97 Å². The van der Waals surface area contributed by atoms with Crippen LogP contribution in [0.5, 0.6) is 0 Å². The van der Waals surface area contributed by atoms with Gasteiger partial charge >= 0.3 is 0 Å². The third-order valence-corrected chi connectivity index (χ3v) is 4.01. The number of carbonyl (C=O) groups is 1. The molecular weight excluding hydrogens is 314 g/mol. The van der Waals surface area contributed by atoms with E-state index in [-0.39, 0.29) is 5.91 Å². The van der Waals surface area contributed by atoms with Gasteiger partial charge in [-0.15, -0.1) is 0 Å². The maximum atomic E-state index is 12.5. The van der Waals surface area contributed by atoms with E-state index in [1.54, 1.807) is 12.3 Å². The van der Waals surface area contributed by atoms with E-state index in [9.17, 15) is 4.79 Å². The highest BCUT2D eigenvalue weighted by atomic mass is 16.1. The molecule has 0 fully saturated rings. The van der Waals surface area contributed by atoms with Gasteiger partial charge in [0, 0.05) is 37.2 Å². The lowest BCUT2D eigenvalue weighted by atomic mass is 10.1. The van der Waals surface area contributed by atoms with E-state index in [4.69, 9.17) is 0 Å². The Morgan fingerprint density at radius 2 is 1.92 bits per heavy atom. The van der Waals surface area contributed by atoms with Crippen LogP contribution in [0.2, 0.25) is 0 Å². The Kier molecular flexibility index (Phi) is 6.74. The van der Waals surface area contributed by atoms with Gasteiger partial charge in [-0.05, 0) is 57.0 Å². The van der Waals surface area contributed by atoms with E-state index in [2.05, 4.69) is 52.3 Å². The third kappa shape index (κ3) is 4.92. The van der Waals surface area contributed by atoms with Gasteiger partial charge in [-0.2, -0.15) is 0 Å². The molecule has 25 heavy (non-hydrogen) atoms. The van der Waals surface area contributed by atoms with E-state index >= 15 is 0 Å². The normalized spacial score (nSPS) is 10.4. The molecule has 1 aromatic heterocycles. The highest BCUT2D eigenvalue weighted by Crippen LogP contribution is 2.23. The number of nitrogens with one attached hydrogen (secondary N) is 2. The summed E-state index contributed by atoms with van der Waals surface area (Å²) >= 11 is 0. The second-order valence-corrected chi connectivity index (χ2v) is 5.82. The van der Waals surface area contributed by atoms with E-state index < -0.39 is 0 Å². The number of rotatable bonds is 8. The topological polar surface area (TPSA) is 70.2 Å². The van der Waals surface area contributed by atoms with E-state index in [1.807, 2.05) is 19.1 Å². The predicted octanol–water partition coefficient (Wildman–Crippen LogP) is 3.71. The summed E-state index contributed by atoms with van der Waals surface area (Å²) in [6.07, 6.45) is 2.56. The first kappa shape index (κ1) is 18.7. The van der Waals surface area contributed by atoms with Crippen molar-refractivity contribution in [2.75, 3.05) is 35.2 Å². The van der Waals surface area contributed by atoms with Gasteiger partial charge < -0.3 is 15.5 Å². The summed E-state index contributed by atoms with van der Waals surface area (Å²) in [5.41, 5.74) is 3.33. The predicted molar refractivity (Wildman–Crippen MR) is 104 cm³/mol. The molecule has 0 bridgehead atoms. The minimum Gasteiger partial charge on any atom is -0.372 e. The number of nitrogens with zero attached hydrogens (tertiary/aromatic N) is 3. The van der Waals surface area contributed by atoms with Crippen molar-refractivity contribution in [3.8, 4) is 0 Å². The molecule has 0 spiro atoms. The van der Waals surface area contributed by atoms with Gasteiger partial charge in [0.05, 0.1) is 0 Å². The molecule has 0 aliphatic rings. The lowest BCUT2D eigenvalue weighted by molar-refractivity contribution is 0.102. The molecule has 0 aliphatic carbocycles. The van der Waals surface area contributed by atoms with Crippen LogP contribution in [0, 0.1) is 6.92 Å². The first-order valence-corrected chi connectivity index (χ1v) is 8.82. The van der Waals surface area contributed by atoms with E-state index in [0.717, 1.165) is 43.0 Å². The standard InChI is InChI=1S/C19H27N5O/c1-5-11-20-19-21-12-10-17(23-19)18(25)22-16-9-8-15(13-14(16)4)24(6-2)7-3/h8-10,12-13H,5-7,11H2,1-4H3,(H,22,25)(H,20,21,23). The number of amides is 1. The second kappa shape index (κ2) is 9.01. The van der Waals surface area contributed by atoms with Crippen LogP contribution in [0.15, 0.2) is 30.5 Å². The van der Waals surface area contributed by atoms with Crippen LogP contribution in [-0.2, 0) is 0 Å². The fourth-order valence-corrected chi connectivity index (χ4v) is 2.57. The molecule has 1 aromatic carbocycles. The van der Waals surface area contributed by atoms with Crippen LogP contribution in [0.4, 0.5) is 17.3 Å². The molecule has 0 saturated heterocycles. The zero-order valence-electron chi connectivity index (χ0n) is 15.5. The highest BCUT2D eigenvalue weighted by molar-refractivity contribution is 6.03. The monoisotopic (exact) mass is 341 g/mol. The minimum absolute atomic E-state index is 0.236. The Morgan fingerprint density at radius 3 is 2.56 bits per heavy atom. The fraction of sp³-hybridized carbons (Fsp3) is 0.421. The Morgan fingerprint density at radius 1 is 1.16 bits per heavy atom. The molecule has 134 valence electrons. The third-order valence-electron chi connectivity index (χ3n) is 4.01. The van der Waals surface area contributed by atoms with Gasteiger partial charge in [0.1, 0.15) is 5.69 Å². The summed E-state index contributed by atoms with van der Waals surface area (Å²) < 4.78 is 0. The van der Waals surface area contributed by atoms with Gasteiger partial charge in [-0.1, -0.05) is 6.92 Å². The maximum Gasteiger partial charge on any atom is 0.274 e. The molecule has 0 unspecified atom stereocenters. The average Bonchev–Trinajstić information content (AvgIpc) is 2.63. The first-order valence-electron chi connectivity index (χ1n) is 8.82. The molecule has 0 saturated carbocycles. The smallest absolute Gasteiger partial charge is 0.274 e. The van der Waals surface area contributed by atoms with Gasteiger partial charge in [-0.25, -0.2) is 9.97 Å². The van der Waals surface area contributed by atoms with Crippen molar-refractivity contribution < 1.29 is 4.79 Å². The highest BCUT2D eigenvalue weighted by Gasteiger charge is 2.11. The van der Waals surface area contributed by atoms with Crippen LogP contribution in [0.3, 0.4) is 0 Å². The van der Waals surface area contributed by atoms with Crippen molar-refractivity contribution in [2.24, 2.45) is 0 Å². The number of hydrogen-bond donors (Lipinski definition) is 2. The quantitative estimate of drug-likeness (QED) is 0.766. The molecule has 2 N–H and O–H groups in total. The number of hydrogen-bond acceptors (Lipinski definition) is 5. The van der Waals surface area contributed by atoms with Gasteiger partial charge in [-0.3, -0.25) is 4.79 Å². The Hall–Kier alpha value is -2.63. The molecule has 2 rings (SSSR count). The summed E-state index contributed by atoms with van der Waals surface area (Å²) in [6.45, 7) is 11.0. The van der Waals surface area contributed by atoms with Crippen molar-refractivity contribution in [3.63, 3.8) is 0 Å². The Balaban J connectivity index is 2.12. The lowest BCUT2D eigenvalue weighted by Crippen LogP contribution is -2.22. The molecular formula is C19H27N5O. The maximum absolute atomic E-state index is 12.5. The van der Waals surface area contributed by atoms with Gasteiger partial charge in [0.2, 0.25) is 5.95 Å². The molecule has 1 amide bonds. The molecule has 0 atom stereocenters. The Labute approximate surface area is 149 Å². The van der Waals surface area contributed by atoms with Crippen LogP contribution in [-0.4, -0.2) is 35.5 Å².